The number of fused-ring (bicyclic) bond motifs is 4. The van der Waals surface area contributed by atoms with Crippen molar-refractivity contribution in [1.29, 1.82) is 0 Å². The maximum atomic E-state index is 13.6. The SMILES string of the molecule is O=C(c1ccccc1N1CCOCC1)N1C[C@H]2CC[C@@H](C1)N(CC1CCC1)C2. The Bertz CT molecular complexity index is 699. The Balaban J connectivity index is 1.33. The van der Waals surface area contributed by atoms with Gasteiger partial charge in [0.2, 0.25) is 0 Å². The first-order valence-electron chi connectivity index (χ1n) is 11.2. The lowest BCUT2D eigenvalue weighted by molar-refractivity contribution is 0.0716. The molecule has 4 aliphatic heterocycles. The van der Waals surface area contributed by atoms with Gasteiger partial charge in [-0.3, -0.25) is 9.69 Å². The van der Waals surface area contributed by atoms with Crippen LogP contribution in [-0.2, 0) is 4.74 Å². The normalized spacial score (nSPS) is 28.9. The molecule has 0 spiro atoms. The predicted molar refractivity (Wildman–Crippen MR) is 111 cm³/mol. The molecule has 1 aliphatic carbocycles. The summed E-state index contributed by atoms with van der Waals surface area (Å²) in [4.78, 5) is 20.8. The molecule has 2 atom stereocenters. The van der Waals surface area contributed by atoms with Gasteiger partial charge in [-0.2, -0.15) is 0 Å². The van der Waals surface area contributed by atoms with Crippen molar-refractivity contribution in [3.05, 3.63) is 29.8 Å². The first kappa shape index (κ1) is 18.4. The number of para-hydroxylation sites is 1. The minimum atomic E-state index is 0.226. The van der Waals surface area contributed by atoms with E-state index in [-0.39, 0.29) is 5.91 Å². The number of morpholine rings is 1. The van der Waals surface area contributed by atoms with E-state index in [9.17, 15) is 4.79 Å². The summed E-state index contributed by atoms with van der Waals surface area (Å²) in [6, 6.07) is 8.74. The number of hydrogen-bond donors (Lipinski definition) is 0. The van der Waals surface area contributed by atoms with E-state index in [0.29, 0.717) is 12.0 Å². The first-order chi connectivity index (χ1) is 13.8. The molecule has 5 heteroatoms. The van der Waals surface area contributed by atoms with Crippen molar-refractivity contribution in [2.45, 2.75) is 38.1 Å². The van der Waals surface area contributed by atoms with Crippen LogP contribution in [0.1, 0.15) is 42.5 Å². The summed E-state index contributed by atoms with van der Waals surface area (Å²) in [5.74, 6) is 1.77. The molecule has 0 unspecified atom stereocenters. The number of amides is 1. The van der Waals surface area contributed by atoms with E-state index in [4.69, 9.17) is 4.74 Å². The Morgan fingerprint density at radius 2 is 1.82 bits per heavy atom. The summed E-state index contributed by atoms with van der Waals surface area (Å²) >= 11 is 0. The zero-order valence-corrected chi connectivity index (χ0v) is 16.9. The number of anilines is 1. The number of carbonyl (C=O) groups excluding carboxylic acids is 1. The Morgan fingerprint density at radius 1 is 1.00 bits per heavy atom. The summed E-state index contributed by atoms with van der Waals surface area (Å²) in [7, 11) is 0. The topological polar surface area (TPSA) is 36.0 Å². The van der Waals surface area contributed by atoms with Gasteiger partial charge in [0.25, 0.3) is 5.91 Å². The molecule has 152 valence electrons. The molecular formula is C23H33N3O2. The summed E-state index contributed by atoms with van der Waals surface area (Å²) in [6.45, 7) is 7.49. The van der Waals surface area contributed by atoms with Crippen LogP contribution < -0.4 is 4.90 Å². The van der Waals surface area contributed by atoms with E-state index >= 15 is 0 Å². The smallest absolute Gasteiger partial charge is 0.256 e. The number of carbonyl (C=O) groups is 1. The molecule has 5 aliphatic rings. The largest absolute Gasteiger partial charge is 0.378 e. The molecule has 1 aromatic carbocycles. The maximum absolute atomic E-state index is 13.6. The van der Waals surface area contributed by atoms with Gasteiger partial charge in [-0.25, -0.2) is 0 Å². The molecule has 0 radical (unpaired) electrons. The van der Waals surface area contributed by atoms with Crippen molar-refractivity contribution in [1.82, 2.24) is 9.80 Å². The number of hydrogen-bond acceptors (Lipinski definition) is 4. The fourth-order valence-corrected chi connectivity index (χ4v) is 5.48. The van der Waals surface area contributed by atoms with Gasteiger partial charge in [0.1, 0.15) is 0 Å². The molecule has 0 N–H and O–H groups in total. The van der Waals surface area contributed by atoms with Gasteiger partial charge >= 0.3 is 0 Å². The van der Waals surface area contributed by atoms with Gasteiger partial charge in [-0.15, -0.1) is 0 Å². The van der Waals surface area contributed by atoms with Crippen molar-refractivity contribution < 1.29 is 9.53 Å². The minimum Gasteiger partial charge on any atom is -0.378 e. The van der Waals surface area contributed by atoms with Crippen LogP contribution >= 0.6 is 0 Å². The lowest BCUT2D eigenvalue weighted by Crippen LogP contribution is -2.47. The number of ether oxygens (including phenoxy) is 1. The van der Waals surface area contributed by atoms with Crippen LogP contribution in [0.25, 0.3) is 0 Å². The molecule has 1 saturated carbocycles. The van der Waals surface area contributed by atoms with Gasteiger partial charge in [0, 0.05) is 51.0 Å². The van der Waals surface area contributed by atoms with Crippen LogP contribution in [0.2, 0.25) is 0 Å². The van der Waals surface area contributed by atoms with E-state index in [1.54, 1.807) is 0 Å². The average Bonchev–Trinajstić information content (AvgIpc) is 3.03. The Morgan fingerprint density at radius 3 is 2.61 bits per heavy atom. The first-order valence-corrected chi connectivity index (χ1v) is 11.2. The van der Waals surface area contributed by atoms with Crippen LogP contribution in [0.4, 0.5) is 5.69 Å². The van der Waals surface area contributed by atoms with E-state index in [0.717, 1.165) is 56.6 Å². The van der Waals surface area contributed by atoms with E-state index in [1.165, 1.54) is 45.2 Å². The maximum Gasteiger partial charge on any atom is 0.256 e. The Kier molecular flexibility index (Phi) is 5.29. The summed E-state index contributed by atoms with van der Waals surface area (Å²) in [5.41, 5.74) is 1.95. The molecule has 4 saturated heterocycles. The molecule has 6 rings (SSSR count). The Labute approximate surface area is 168 Å². The van der Waals surface area contributed by atoms with Crippen LogP contribution in [-0.4, -0.2) is 74.2 Å². The quantitative estimate of drug-likeness (QED) is 0.801. The molecule has 1 aromatic rings. The molecule has 28 heavy (non-hydrogen) atoms. The van der Waals surface area contributed by atoms with Gasteiger partial charge in [-0.05, 0) is 49.7 Å². The number of nitrogens with zero attached hydrogens (tertiary/aromatic N) is 3. The molecule has 0 aromatic heterocycles. The predicted octanol–water partition coefficient (Wildman–Crippen LogP) is 2.86. The second-order valence-electron chi connectivity index (χ2n) is 9.17. The van der Waals surface area contributed by atoms with E-state index in [2.05, 4.69) is 20.8 Å². The van der Waals surface area contributed by atoms with Crippen molar-refractivity contribution in [3.8, 4) is 0 Å². The summed E-state index contributed by atoms with van der Waals surface area (Å²) < 4.78 is 5.51. The fraction of sp³-hybridized carbons (Fsp3) is 0.696. The van der Waals surface area contributed by atoms with Crippen LogP contribution in [0.5, 0.6) is 0 Å². The zero-order valence-electron chi connectivity index (χ0n) is 16.9. The van der Waals surface area contributed by atoms with E-state index < -0.39 is 0 Å². The number of rotatable bonds is 4. The van der Waals surface area contributed by atoms with Gasteiger partial charge < -0.3 is 14.5 Å². The van der Waals surface area contributed by atoms with E-state index in [1.807, 2.05) is 18.2 Å². The minimum absolute atomic E-state index is 0.226. The van der Waals surface area contributed by atoms with Crippen molar-refractivity contribution in [2.75, 3.05) is 57.4 Å². The van der Waals surface area contributed by atoms with Crippen molar-refractivity contribution >= 4 is 11.6 Å². The van der Waals surface area contributed by atoms with Gasteiger partial charge in [0.15, 0.2) is 0 Å². The molecule has 2 bridgehead atoms. The molecule has 4 heterocycles. The van der Waals surface area contributed by atoms with Gasteiger partial charge in [0.05, 0.1) is 18.8 Å². The highest BCUT2D eigenvalue weighted by Gasteiger charge is 2.38. The second-order valence-corrected chi connectivity index (χ2v) is 9.17. The van der Waals surface area contributed by atoms with Crippen molar-refractivity contribution in [2.24, 2.45) is 11.8 Å². The number of piperidine rings is 1. The highest BCUT2D eigenvalue weighted by Crippen LogP contribution is 2.34. The van der Waals surface area contributed by atoms with Gasteiger partial charge in [-0.1, -0.05) is 18.6 Å². The monoisotopic (exact) mass is 383 g/mol. The average molecular weight is 384 g/mol. The van der Waals surface area contributed by atoms with Crippen LogP contribution in [0, 0.1) is 11.8 Å². The lowest BCUT2D eigenvalue weighted by Gasteiger charge is -2.40. The molecule has 1 amide bonds. The molecular weight excluding hydrogens is 350 g/mol. The lowest BCUT2D eigenvalue weighted by atomic mass is 9.83. The van der Waals surface area contributed by atoms with Crippen LogP contribution in [0.15, 0.2) is 24.3 Å². The third-order valence-corrected chi connectivity index (χ3v) is 7.32. The highest BCUT2D eigenvalue weighted by atomic mass is 16.5. The zero-order chi connectivity index (χ0) is 18.9. The van der Waals surface area contributed by atoms with Crippen molar-refractivity contribution in [3.63, 3.8) is 0 Å². The number of benzene rings is 1. The Hall–Kier alpha value is -1.59. The second kappa shape index (κ2) is 8.03. The standard InChI is InChI=1S/C23H33N3O2/c27-23(21-6-1-2-7-22(21)24-10-12-28-13-11-24)26-16-19-8-9-20(17-26)25(15-19)14-18-4-3-5-18/h1-2,6-7,18-20H,3-5,8-17H2/t19-,20-/m0/s1. The summed E-state index contributed by atoms with van der Waals surface area (Å²) in [5, 5.41) is 0. The fourth-order valence-electron chi connectivity index (χ4n) is 5.48. The summed E-state index contributed by atoms with van der Waals surface area (Å²) in [6.07, 6.45) is 6.76. The molecule has 5 fully saturated rings. The third-order valence-electron chi connectivity index (χ3n) is 7.32. The highest BCUT2D eigenvalue weighted by molar-refractivity contribution is 6.00. The van der Waals surface area contributed by atoms with Crippen LogP contribution in [0.3, 0.4) is 0 Å². The third kappa shape index (κ3) is 3.67. The molecule has 5 nitrogen and oxygen atoms in total.